The molecule has 2 heterocycles. The number of amides is 4. The number of carbonyl (C=O) groups excluding carboxylic acids is 3. The Hall–Kier alpha value is -4.90. The van der Waals surface area contributed by atoms with E-state index in [1.807, 2.05) is 81.5 Å². The van der Waals surface area contributed by atoms with Crippen molar-refractivity contribution in [1.29, 1.82) is 0 Å². The number of benzene rings is 3. The van der Waals surface area contributed by atoms with Gasteiger partial charge in [0.05, 0.1) is 12.3 Å². The van der Waals surface area contributed by atoms with E-state index in [9.17, 15) is 18.8 Å². The number of H-pyrrole nitrogens is 1. The summed E-state index contributed by atoms with van der Waals surface area (Å²) in [7, 11) is 3.95. The predicted molar refractivity (Wildman–Crippen MR) is 177 cm³/mol. The van der Waals surface area contributed by atoms with Gasteiger partial charge in [-0.05, 0) is 74.6 Å². The van der Waals surface area contributed by atoms with Crippen molar-refractivity contribution in [2.45, 2.75) is 32.4 Å². The zero-order chi connectivity index (χ0) is 32.8. The fraction of sp³-hybridized carbons (Fsp3) is 0.343. The molecule has 0 radical (unpaired) electrons. The number of nitrogens with zero attached hydrogens (tertiary/aromatic N) is 3. The number of hydrogen-bond donors (Lipinski definition) is 3. The highest BCUT2D eigenvalue weighted by molar-refractivity contribution is 5.99. The smallest absolute Gasteiger partial charge is 0.318 e. The number of anilines is 1. The van der Waals surface area contributed by atoms with Crippen LogP contribution in [0.25, 0.3) is 10.9 Å². The minimum absolute atomic E-state index is 0.216. The molecule has 0 aliphatic carbocycles. The van der Waals surface area contributed by atoms with Gasteiger partial charge in [-0.3, -0.25) is 9.59 Å². The predicted octanol–water partition coefficient (Wildman–Crippen LogP) is 5.05. The zero-order valence-electron chi connectivity index (χ0n) is 26.7. The highest BCUT2D eigenvalue weighted by Gasteiger charge is 2.33. The molecule has 10 nitrogen and oxygen atoms in total. The standard InChI is InChI=1S/C35H41FN6O4/c1-5-46-31-15-10-24(22-40(3)4)20-30(31)38-33(43)32(23(2)28-21-37-29-9-7-6-8-27(28)29)39-35(45)42-18-16-41(17-19-42)34(44)25-11-13-26(36)14-12-25/h6-15,20-21,23,32,37H,5,16-19,22H2,1-4H3,(H,38,43)(H,39,45). The molecule has 3 N–H and O–H groups in total. The summed E-state index contributed by atoms with van der Waals surface area (Å²) in [6.45, 7) is 6.11. The number of aromatic nitrogens is 1. The van der Waals surface area contributed by atoms with Crippen molar-refractivity contribution in [2.24, 2.45) is 0 Å². The van der Waals surface area contributed by atoms with Gasteiger partial charge in [-0.15, -0.1) is 0 Å². The lowest BCUT2D eigenvalue weighted by Crippen LogP contribution is -2.57. The summed E-state index contributed by atoms with van der Waals surface area (Å²) in [5.74, 6) is -0.855. The maximum atomic E-state index is 14.1. The van der Waals surface area contributed by atoms with E-state index in [1.54, 1.807) is 9.80 Å². The number of carbonyl (C=O) groups is 3. The quantitative estimate of drug-likeness (QED) is 0.228. The molecule has 5 rings (SSSR count). The summed E-state index contributed by atoms with van der Waals surface area (Å²) in [5.41, 5.74) is 3.76. The molecule has 1 aliphatic rings. The van der Waals surface area contributed by atoms with Gasteiger partial charge in [0.2, 0.25) is 5.91 Å². The zero-order valence-corrected chi connectivity index (χ0v) is 26.7. The van der Waals surface area contributed by atoms with Crippen LogP contribution in [0, 0.1) is 5.82 Å². The number of rotatable bonds is 10. The highest BCUT2D eigenvalue weighted by atomic mass is 19.1. The Kier molecular flexibility index (Phi) is 10.2. The Balaban J connectivity index is 1.35. The van der Waals surface area contributed by atoms with Crippen molar-refractivity contribution >= 4 is 34.4 Å². The van der Waals surface area contributed by atoms with E-state index < -0.39 is 23.8 Å². The topological polar surface area (TPSA) is 110 Å². The lowest BCUT2D eigenvalue weighted by molar-refractivity contribution is -0.118. The summed E-state index contributed by atoms with van der Waals surface area (Å²) in [4.78, 5) is 49.3. The number of urea groups is 1. The van der Waals surface area contributed by atoms with Gasteiger partial charge in [-0.1, -0.05) is 31.2 Å². The van der Waals surface area contributed by atoms with Crippen LogP contribution in [0.2, 0.25) is 0 Å². The van der Waals surface area contributed by atoms with Crippen LogP contribution in [-0.2, 0) is 11.3 Å². The molecule has 0 saturated carbocycles. The van der Waals surface area contributed by atoms with Gasteiger partial charge in [0.25, 0.3) is 5.91 Å². The van der Waals surface area contributed by atoms with E-state index in [1.165, 1.54) is 24.3 Å². The maximum absolute atomic E-state index is 14.1. The van der Waals surface area contributed by atoms with Crippen LogP contribution in [0.15, 0.2) is 72.9 Å². The van der Waals surface area contributed by atoms with Crippen molar-refractivity contribution < 1.29 is 23.5 Å². The number of ether oxygens (including phenoxy) is 1. The van der Waals surface area contributed by atoms with E-state index >= 15 is 0 Å². The molecule has 11 heteroatoms. The van der Waals surface area contributed by atoms with E-state index in [4.69, 9.17) is 4.74 Å². The van der Waals surface area contributed by atoms with Crippen LogP contribution in [0.1, 0.15) is 41.3 Å². The van der Waals surface area contributed by atoms with Gasteiger partial charge in [0.15, 0.2) is 0 Å². The van der Waals surface area contributed by atoms with Gasteiger partial charge in [0, 0.05) is 61.3 Å². The number of halogens is 1. The molecular formula is C35H41FN6O4. The van der Waals surface area contributed by atoms with E-state index in [0.29, 0.717) is 43.2 Å². The van der Waals surface area contributed by atoms with Crippen molar-refractivity contribution in [1.82, 2.24) is 25.0 Å². The molecule has 1 saturated heterocycles. The molecule has 4 amide bonds. The van der Waals surface area contributed by atoms with E-state index in [0.717, 1.165) is 22.0 Å². The molecule has 46 heavy (non-hydrogen) atoms. The first-order valence-electron chi connectivity index (χ1n) is 15.5. The second-order valence-corrected chi connectivity index (χ2v) is 11.8. The summed E-state index contributed by atoms with van der Waals surface area (Å²) in [5, 5.41) is 7.02. The Morgan fingerprint density at radius 1 is 0.978 bits per heavy atom. The van der Waals surface area contributed by atoms with E-state index in [2.05, 4.69) is 15.6 Å². The average Bonchev–Trinajstić information content (AvgIpc) is 3.48. The number of fused-ring (bicyclic) bond motifs is 1. The third kappa shape index (κ3) is 7.48. The van der Waals surface area contributed by atoms with Crippen molar-refractivity contribution in [2.75, 3.05) is 52.2 Å². The second-order valence-electron chi connectivity index (χ2n) is 11.8. The fourth-order valence-electron chi connectivity index (χ4n) is 5.81. The fourth-order valence-corrected chi connectivity index (χ4v) is 5.81. The SMILES string of the molecule is CCOc1ccc(CN(C)C)cc1NC(=O)C(NC(=O)N1CCN(C(=O)c2ccc(F)cc2)CC1)C(C)c1c[nH]c2ccccc12. The molecule has 2 atom stereocenters. The van der Waals surface area contributed by atoms with E-state index in [-0.39, 0.29) is 24.9 Å². The second kappa shape index (κ2) is 14.5. The summed E-state index contributed by atoms with van der Waals surface area (Å²) < 4.78 is 19.2. The van der Waals surface area contributed by atoms with Crippen LogP contribution < -0.4 is 15.4 Å². The first-order valence-corrected chi connectivity index (χ1v) is 15.5. The largest absolute Gasteiger partial charge is 0.492 e. The first kappa shape index (κ1) is 32.5. The monoisotopic (exact) mass is 628 g/mol. The number of nitrogens with one attached hydrogen (secondary N) is 3. The Bertz CT molecular complexity index is 1680. The molecule has 3 aromatic carbocycles. The maximum Gasteiger partial charge on any atom is 0.318 e. The molecule has 2 unspecified atom stereocenters. The van der Waals surface area contributed by atoms with Crippen molar-refractivity contribution in [3.8, 4) is 5.75 Å². The molecule has 1 fully saturated rings. The number of hydrogen-bond acceptors (Lipinski definition) is 5. The lowest BCUT2D eigenvalue weighted by Gasteiger charge is -2.36. The molecule has 1 aromatic heterocycles. The van der Waals surface area contributed by atoms with Crippen LogP contribution in [0.4, 0.5) is 14.9 Å². The normalized spacial score (nSPS) is 14.7. The third-order valence-electron chi connectivity index (χ3n) is 8.22. The summed E-state index contributed by atoms with van der Waals surface area (Å²) >= 11 is 0. The molecule has 0 spiro atoms. The van der Waals surface area contributed by atoms with Gasteiger partial charge in [0.1, 0.15) is 17.6 Å². The number of piperazine rings is 1. The number of para-hydroxylation sites is 1. The van der Waals surface area contributed by atoms with Crippen LogP contribution in [-0.4, -0.2) is 90.5 Å². The van der Waals surface area contributed by atoms with Crippen LogP contribution in [0.3, 0.4) is 0 Å². The Morgan fingerprint density at radius 3 is 2.37 bits per heavy atom. The Labute approximate surface area is 268 Å². The Morgan fingerprint density at radius 2 is 1.67 bits per heavy atom. The molecule has 4 aromatic rings. The minimum Gasteiger partial charge on any atom is -0.492 e. The lowest BCUT2D eigenvalue weighted by atomic mass is 9.92. The number of aromatic amines is 1. The summed E-state index contributed by atoms with van der Waals surface area (Å²) in [6, 6.07) is 17.7. The van der Waals surface area contributed by atoms with Crippen molar-refractivity contribution in [3.63, 3.8) is 0 Å². The first-order chi connectivity index (χ1) is 22.1. The molecule has 1 aliphatic heterocycles. The third-order valence-corrected chi connectivity index (χ3v) is 8.22. The van der Waals surface area contributed by atoms with Crippen LogP contribution in [0.5, 0.6) is 5.75 Å². The van der Waals surface area contributed by atoms with Crippen molar-refractivity contribution in [3.05, 3.63) is 95.4 Å². The van der Waals surface area contributed by atoms with Gasteiger partial charge < -0.3 is 35.1 Å². The molecule has 242 valence electrons. The minimum atomic E-state index is -0.933. The highest BCUT2D eigenvalue weighted by Crippen LogP contribution is 2.31. The molecular weight excluding hydrogens is 587 g/mol. The molecule has 0 bridgehead atoms. The van der Waals surface area contributed by atoms with Gasteiger partial charge in [-0.25, -0.2) is 9.18 Å². The van der Waals surface area contributed by atoms with Crippen LogP contribution >= 0.6 is 0 Å². The average molecular weight is 629 g/mol. The summed E-state index contributed by atoms with van der Waals surface area (Å²) in [6.07, 6.45) is 1.88. The van der Waals surface area contributed by atoms with Gasteiger partial charge in [-0.2, -0.15) is 0 Å². The van der Waals surface area contributed by atoms with Gasteiger partial charge >= 0.3 is 6.03 Å².